The van der Waals surface area contributed by atoms with Crippen molar-refractivity contribution < 1.29 is 9.13 Å². The molecule has 0 bridgehead atoms. The summed E-state index contributed by atoms with van der Waals surface area (Å²) in [5.74, 6) is 0.661. The fraction of sp³-hybridized carbons (Fsp3) is 0.143. The van der Waals surface area contributed by atoms with Gasteiger partial charge in [0.2, 0.25) is 0 Å². The van der Waals surface area contributed by atoms with Crippen LogP contribution < -0.4 is 4.74 Å². The van der Waals surface area contributed by atoms with Crippen molar-refractivity contribution >= 4 is 23.4 Å². The highest BCUT2D eigenvalue weighted by atomic mass is 35.5. The van der Waals surface area contributed by atoms with Crippen LogP contribution in [0.1, 0.15) is 5.56 Å². The summed E-state index contributed by atoms with van der Waals surface area (Å²) < 4.78 is 19.4. The highest BCUT2D eigenvalue weighted by molar-refractivity contribution is 7.98. The number of halogens is 2. The Morgan fingerprint density at radius 3 is 2.67 bits per heavy atom. The predicted octanol–water partition coefficient (Wildman–Crippen LogP) is 5.08. The number of thioether (sulfide) groups is 1. The molecule has 0 heterocycles. The van der Waals surface area contributed by atoms with Crippen molar-refractivity contribution in [1.82, 2.24) is 0 Å². The molecule has 0 saturated heterocycles. The maximum Gasteiger partial charge on any atom is 0.167 e. The zero-order chi connectivity index (χ0) is 13.0. The van der Waals surface area contributed by atoms with Gasteiger partial charge in [0.15, 0.2) is 11.6 Å². The van der Waals surface area contributed by atoms with Crippen molar-refractivity contribution in [3.8, 4) is 11.5 Å². The summed E-state index contributed by atoms with van der Waals surface area (Å²) in [5.41, 5.74) is 0.646. The van der Waals surface area contributed by atoms with Gasteiger partial charge in [-0.3, -0.25) is 0 Å². The molecule has 0 aliphatic heterocycles. The Balaban J connectivity index is 2.39. The van der Waals surface area contributed by atoms with E-state index in [9.17, 15) is 4.39 Å². The van der Waals surface area contributed by atoms with Crippen LogP contribution >= 0.6 is 23.4 Å². The topological polar surface area (TPSA) is 9.23 Å². The van der Waals surface area contributed by atoms with Gasteiger partial charge < -0.3 is 4.74 Å². The van der Waals surface area contributed by atoms with Crippen molar-refractivity contribution in [2.24, 2.45) is 0 Å². The lowest BCUT2D eigenvalue weighted by Gasteiger charge is -2.12. The Morgan fingerprint density at radius 2 is 1.94 bits per heavy atom. The average molecular weight is 283 g/mol. The van der Waals surface area contributed by atoms with Gasteiger partial charge >= 0.3 is 0 Å². The van der Waals surface area contributed by atoms with Crippen LogP contribution in [0.15, 0.2) is 47.4 Å². The molecule has 0 saturated carbocycles. The van der Waals surface area contributed by atoms with Crippen molar-refractivity contribution in [1.29, 1.82) is 0 Å². The molecular formula is C14H12ClFOS. The highest BCUT2D eigenvalue weighted by Gasteiger charge is 2.12. The standard InChI is InChI=1S/C14H12ClFOS/c1-18-13-8-3-2-7-12(13)17-14-10(9-15)5-4-6-11(14)16/h2-8H,9H2,1H3. The predicted molar refractivity (Wildman–Crippen MR) is 74.3 cm³/mol. The first-order chi connectivity index (χ1) is 8.76. The number of hydrogen-bond donors (Lipinski definition) is 0. The van der Waals surface area contributed by atoms with E-state index in [2.05, 4.69) is 0 Å². The molecule has 0 atom stereocenters. The zero-order valence-electron chi connectivity index (χ0n) is 9.82. The minimum atomic E-state index is -0.399. The van der Waals surface area contributed by atoms with Crippen molar-refractivity contribution in [3.05, 3.63) is 53.8 Å². The third kappa shape index (κ3) is 2.79. The first kappa shape index (κ1) is 13.2. The molecule has 0 spiro atoms. The molecule has 4 heteroatoms. The van der Waals surface area contributed by atoms with Crippen LogP contribution in [0.3, 0.4) is 0 Å². The van der Waals surface area contributed by atoms with E-state index in [0.717, 1.165) is 4.90 Å². The lowest BCUT2D eigenvalue weighted by atomic mass is 10.2. The van der Waals surface area contributed by atoms with Crippen molar-refractivity contribution in [3.63, 3.8) is 0 Å². The van der Waals surface area contributed by atoms with Crippen LogP contribution in [-0.4, -0.2) is 6.26 Å². The summed E-state index contributed by atoms with van der Waals surface area (Å²) >= 11 is 7.35. The lowest BCUT2D eigenvalue weighted by Crippen LogP contribution is -1.94. The van der Waals surface area contributed by atoms with Gasteiger partial charge in [-0.25, -0.2) is 4.39 Å². The maximum absolute atomic E-state index is 13.8. The van der Waals surface area contributed by atoms with E-state index in [-0.39, 0.29) is 11.6 Å². The van der Waals surface area contributed by atoms with Gasteiger partial charge in [-0.2, -0.15) is 0 Å². The monoisotopic (exact) mass is 282 g/mol. The molecule has 0 radical (unpaired) electrons. The Hall–Kier alpha value is -1.19. The van der Waals surface area contributed by atoms with Crippen LogP contribution in [0.2, 0.25) is 0 Å². The number of para-hydroxylation sites is 2. The second-order valence-corrected chi connectivity index (χ2v) is 4.73. The first-order valence-electron chi connectivity index (χ1n) is 5.40. The van der Waals surface area contributed by atoms with Crippen LogP contribution in [0.5, 0.6) is 11.5 Å². The summed E-state index contributed by atoms with van der Waals surface area (Å²) in [5, 5.41) is 0. The van der Waals surface area contributed by atoms with Crippen molar-refractivity contribution in [2.75, 3.05) is 6.26 Å². The molecule has 0 unspecified atom stereocenters. The van der Waals surface area contributed by atoms with Crippen LogP contribution in [0.25, 0.3) is 0 Å². The van der Waals surface area contributed by atoms with Gasteiger partial charge in [-0.1, -0.05) is 24.3 Å². The van der Waals surface area contributed by atoms with Crippen molar-refractivity contribution in [2.45, 2.75) is 10.8 Å². The van der Waals surface area contributed by atoms with Gasteiger partial charge in [0.1, 0.15) is 5.75 Å². The quantitative estimate of drug-likeness (QED) is 0.571. The third-order valence-corrected chi connectivity index (χ3v) is 3.54. The zero-order valence-corrected chi connectivity index (χ0v) is 11.4. The third-order valence-electron chi connectivity index (χ3n) is 2.47. The van der Waals surface area contributed by atoms with E-state index >= 15 is 0 Å². The van der Waals surface area contributed by atoms with Crippen LogP contribution in [0, 0.1) is 5.82 Å². The molecule has 2 aromatic rings. The number of benzene rings is 2. The molecular weight excluding hydrogens is 271 g/mol. The Kier molecular flexibility index (Phi) is 4.50. The Bertz CT molecular complexity index is 545. The molecule has 0 N–H and O–H groups in total. The number of hydrogen-bond acceptors (Lipinski definition) is 2. The number of ether oxygens (including phenoxy) is 1. The van der Waals surface area contributed by atoms with E-state index in [0.29, 0.717) is 11.3 Å². The SMILES string of the molecule is CSc1ccccc1Oc1c(F)cccc1CCl. The normalized spacial score (nSPS) is 10.4. The lowest BCUT2D eigenvalue weighted by molar-refractivity contribution is 0.430. The minimum absolute atomic E-state index is 0.203. The van der Waals surface area contributed by atoms with Gasteiger partial charge in [0.25, 0.3) is 0 Å². The fourth-order valence-corrected chi connectivity index (χ4v) is 2.32. The molecule has 94 valence electrons. The summed E-state index contributed by atoms with van der Waals surface area (Å²) in [6.45, 7) is 0. The Morgan fingerprint density at radius 1 is 1.17 bits per heavy atom. The van der Waals surface area contributed by atoms with E-state index in [1.54, 1.807) is 23.9 Å². The fourth-order valence-electron chi connectivity index (χ4n) is 1.59. The maximum atomic E-state index is 13.8. The molecule has 0 amide bonds. The molecule has 1 nitrogen and oxygen atoms in total. The van der Waals surface area contributed by atoms with Gasteiger partial charge in [0, 0.05) is 10.5 Å². The summed E-state index contributed by atoms with van der Waals surface area (Å²) in [6.07, 6.45) is 1.95. The summed E-state index contributed by atoms with van der Waals surface area (Å²) in [6, 6.07) is 12.3. The second kappa shape index (κ2) is 6.12. The molecule has 0 aliphatic rings. The molecule has 0 aromatic heterocycles. The minimum Gasteiger partial charge on any atom is -0.453 e. The van der Waals surface area contributed by atoms with Gasteiger partial charge in [0.05, 0.1) is 5.88 Å². The summed E-state index contributed by atoms with van der Waals surface area (Å²) in [7, 11) is 0. The molecule has 0 aliphatic carbocycles. The van der Waals surface area contributed by atoms with E-state index < -0.39 is 5.82 Å². The van der Waals surface area contributed by atoms with E-state index in [4.69, 9.17) is 16.3 Å². The molecule has 18 heavy (non-hydrogen) atoms. The summed E-state index contributed by atoms with van der Waals surface area (Å²) in [4.78, 5) is 0.960. The smallest absolute Gasteiger partial charge is 0.167 e. The largest absolute Gasteiger partial charge is 0.453 e. The molecule has 2 aromatic carbocycles. The number of rotatable bonds is 4. The van der Waals surface area contributed by atoms with E-state index in [1.807, 2.05) is 30.5 Å². The average Bonchev–Trinajstić information content (AvgIpc) is 2.41. The molecule has 0 fully saturated rings. The van der Waals surface area contributed by atoms with E-state index in [1.165, 1.54) is 6.07 Å². The first-order valence-corrected chi connectivity index (χ1v) is 7.16. The Labute approximate surface area is 115 Å². The van der Waals surface area contributed by atoms with Crippen LogP contribution in [0.4, 0.5) is 4.39 Å². The second-order valence-electron chi connectivity index (χ2n) is 3.61. The van der Waals surface area contributed by atoms with Crippen LogP contribution in [-0.2, 0) is 5.88 Å². The van der Waals surface area contributed by atoms with Gasteiger partial charge in [-0.05, 0) is 24.5 Å². The highest BCUT2D eigenvalue weighted by Crippen LogP contribution is 2.34. The van der Waals surface area contributed by atoms with Gasteiger partial charge in [-0.15, -0.1) is 23.4 Å². The molecule has 2 rings (SSSR count). The number of alkyl halides is 1.